The third-order valence-corrected chi connectivity index (χ3v) is 3.23. The van der Waals surface area contributed by atoms with Crippen LogP contribution in [0.3, 0.4) is 0 Å². The van der Waals surface area contributed by atoms with Crippen LogP contribution in [0.2, 0.25) is 0 Å². The van der Waals surface area contributed by atoms with Crippen LogP contribution in [0.4, 0.5) is 0 Å². The summed E-state index contributed by atoms with van der Waals surface area (Å²) >= 11 is 0. The quantitative estimate of drug-likeness (QED) is 0.371. The molecule has 0 spiro atoms. The number of rotatable bonds is 14. The van der Waals surface area contributed by atoms with E-state index in [-0.39, 0.29) is 0 Å². The lowest BCUT2D eigenvalue weighted by atomic mass is 10.1. The van der Waals surface area contributed by atoms with Gasteiger partial charge in [0.2, 0.25) is 0 Å². The molecule has 0 aliphatic heterocycles. The zero-order valence-corrected chi connectivity index (χ0v) is 12.4. The van der Waals surface area contributed by atoms with Crippen molar-refractivity contribution >= 4 is 5.97 Å². The van der Waals surface area contributed by atoms with Gasteiger partial charge in [0.05, 0.1) is 0 Å². The smallest absolute Gasteiger partial charge is 0.327 e. The van der Waals surface area contributed by atoms with Crippen LogP contribution in [-0.4, -0.2) is 24.8 Å². The van der Waals surface area contributed by atoms with Crippen LogP contribution in [0, 0.1) is 0 Å². The Morgan fingerprint density at radius 3 is 1.84 bits per heavy atom. The minimum atomic E-state index is -0.842. The molecule has 0 rings (SSSR count). The molecule has 0 aromatic rings. The highest BCUT2D eigenvalue weighted by molar-refractivity contribution is 5.79. The molecule has 3 nitrogen and oxygen atoms in total. The van der Waals surface area contributed by atoms with Gasteiger partial charge in [0.25, 0.3) is 0 Å². The number of hydrogen-bond donors (Lipinski definition) is 1. The molecule has 3 heteroatoms. The van der Waals surface area contributed by atoms with E-state index in [1.165, 1.54) is 63.9 Å². The Kier molecular flexibility index (Phi) is 14.6. The molecule has 0 saturated heterocycles. The minimum Gasteiger partial charge on any atom is -0.478 e. The number of allylic oxidation sites excluding steroid dienone is 1. The second-order valence-electron chi connectivity index (χ2n) is 5.06. The van der Waals surface area contributed by atoms with Crippen LogP contribution in [0.5, 0.6) is 0 Å². The number of unbranched alkanes of at least 4 members (excludes halogenated alkanes) is 10. The van der Waals surface area contributed by atoms with Gasteiger partial charge in [-0.15, -0.1) is 0 Å². The summed E-state index contributed by atoms with van der Waals surface area (Å²) in [7, 11) is 1.76. The molecule has 0 aromatic carbocycles. The average molecular weight is 270 g/mol. The van der Waals surface area contributed by atoms with Gasteiger partial charge in [-0.2, -0.15) is 0 Å². The number of carboxylic acid groups (broad SMARTS) is 1. The van der Waals surface area contributed by atoms with Gasteiger partial charge < -0.3 is 9.84 Å². The van der Waals surface area contributed by atoms with Crippen molar-refractivity contribution < 1.29 is 14.6 Å². The summed E-state index contributed by atoms with van der Waals surface area (Å²) in [5.41, 5.74) is 0. The number of ether oxygens (including phenoxy) is 1. The lowest BCUT2D eigenvalue weighted by Crippen LogP contribution is -1.88. The van der Waals surface area contributed by atoms with Crippen LogP contribution >= 0.6 is 0 Å². The maximum Gasteiger partial charge on any atom is 0.327 e. The van der Waals surface area contributed by atoms with Gasteiger partial charge >= 0.3 is 5.97 Å². The first kappa shape index (κ1) is 18.2. The van der Waals surface area contributed by atoms with Crippen molar-refractivity contribution in [2.24, 2.45) is 0 Å². The highest BCUT2D eigenvalue weighted by Crippen LogP contribution is 2.11. The summed E-state index contributed by atoms with van der Waals surface area (Å²) in [5.74, 6) is -0.842. The standard InChI is InChI=1S/C16H30O3/c1-19-15-13-11-9-7-5-3-2-4-6-8-10-12-14-16(17)18/h12,14H,2-11,13,15H2,1H3,(H,17,18). The molecule has 0 aliphatic rings. The van der Waals surface area contributed by atoms with E-state index in [4.69, 9.17) is 9.84 Å². The van der Waals surface area contributed by atoms with E-state index in [0.29, 0.717) is 0 Å². The van der Waals surface area contributed by atoms with Crippen LogP contribution in [-0.2, 0) is 9.53 Å². The second-order valence-corrected chi connectivity index (χ2v) is 5.06. The van der Waals surface area contributed by atoms with E-state index in [0.717, 1.165) is 19.4 Å². The van der Waals surface area contributed by atoms with Gasteiger partial charge in [-0.3, -0.25) is 0 Å². The third kappa shape index (κ3) is 17.2. The zero-order valence-electron chi connectivity index (χ0n) is 12.4. The Bertz CT molecular complexity index is 224. The van der Waals surface area contributed by atoms with Crippen molar-refractivity contribution in [2.45, 2.75) is 70.6 Å². The molecule has 0 saturated carbocycles. The summed E-state index contributed by atoms with van der Waals surface area (Å²) in [6.45, 7) is 0.899. The van der Waals surface area contributed by atoms with Crippen LogP contribution in [0.1, 0.15) is 70.6 Å². The number of hydrogen-bond acceptors (Lipinski definition) is 2. The van der Waals surface area contributed by atoms with Gasteiger partial charge in [0.15, 0.2) is 0 Å². The third-order valence-electron chi connectivity index (χ3n) is 3.23. The number of aliphatic carboxylic acids is 1. The van der Waals surface area contributed by atoms with E-state index in [1.807, 2.05) is 0 Å². The van der Waals surface area contributed by atoms with Crippen molar-refractivity contribution in [3.8, 4) is 0 Å². The van der Waals surface area contributed by atoms with Gasteiger partial charge in [-0.25, -0.2) is 4.79 Å². The molecule has 0 heterocycles. The number of carbonyl (C=O) groups is 1. The van der Waals surface area contributed by atoms with Crippen molar-refractivity contribution in [3.63, 3.8) is 0 Å². The molecule has 1 N–H and O–H groups in total. The number of carboxylic acids is 1. The van der Waals surface area contributed by atoms with Crippen molar-refractivity contribution in [3.05, 3.63) is 12.2 Å². The van der Waals surface area contributed by atoms with E-state index in [2.05, 4.69) is 0 Å². The predicted molar refractivity (Wildman–Crippen MR) is 79.4 cm³/mol. The fraction of sp³-hybridized carbons (Fsp3) is 0.812. The summed E-state index contributed by atoms with van der Waals surface area (Å²) in [6, 6.07) is 0. The maximum absolute atomic E-state index is 10.2. The predicted octanol–water partition coefficient (Wildman–Crippen LogP) is 4.56. The first-order chi connectivity index (χ1) is 9.27. The molecule has 0 unspecified atom stereocenters. The maximum atomic E-state index is 10.2. The van der Waals surface area contributed by atoms with Crippen molar-refractivity contribution in [1.29, 1.82) is 0 Å². The number of methoxy groups -OCH3 is 1. The van der Waals surface area contributed by atoms with Crippen LogP contribution in [0.25, 0.3) is 0 Å². The molecule has 0 bridgehead atoms. The normalized spacial score (nSPS) is 11.2. The molecule has 0 amide bonds. The molecular formula is C16H30O3. The molecule has 0 atom stereocenters. The highest BCUT2D eigenvalue weighted by Gasteiger charge is 1.93. The Labute approximate surface area is 118 Å². The molecule has 0 aliphatic carbocycles. The molecule has 0 aromatic heterocycles. The minimum absolute atomic E-state index is 0.842. The van der Waals surface area contributed by atoms with Crippen molar-refractivity contribution in [2.75, 3.05) is 13.7 Å². The Hall–Kier alpha value is -0.830. The molecule has 19 heavy (non-hydrogen) atoms. The highest BCUT2D eigenvalue weighted by atomic mass is 16.5. The summed E-state index contributed by atoms with van der Waals surface area (Å²) in [4.78, 5) is 10.2. The SMILES string of the molecule is COCCCCCCCCCCCCC=CC(=O)O. The van der Waals surface area contributed by atoms with Crippen LogP contribution < -0.4 is 0 Å². The molecular weight excluding hydrogens is 240 g/mol. The van der Waals surface area contributed by atoms with Gasteiger partial charge in [0.1, 0.15) is 0 Å². The topological polar surface area (TPSA) is 46.5 Å². The van der Waals surface area contributed by atoms with E-state index in [1.54, 1.807) is 13.2 Å². The lowest BCUT2D eigenvalue weighted by molar-refractivity contribution is -0.131. The Balaban J connectivity index is 3.01. The lowest BCUT2D eigenvalue weighted by Gasteiger charge is -2.02. The largest absolute Gasteiger partial charge is 0.478 e. The molecule has 112 valence electrons. The Morgan fingerprint density at radius 1 is 0.895 bits per heavy atom. The fourth-order valence-electron chi connectivity index (χ4n) is 2.11. The summed E-state index contributed by atoms with van der Waals surface area (Å²) in [5, 5.41) is 8.41. The van der Waals surface area contributed by atoms with E-state index >= 15 is 0 Å². The zero-order chi connectivity index (χ0) is 14.2. The second kappa shape index (κ2) is 15.2. The van der Waals surface area contributed by atoms with E-state index in [9.17, 15) is 4.79 Å². The molecule has 0 fully saturated rings. The molecule has 0 radical (unpaired) electrons. The Morgan fingerprint density at radius 2 is 1.37 bits per heavy atom. The van der Waals surface area contributed by atoms with Crippen LogP contribution in [0.15, 0.2) is 12.2 Å². The monoisotopic (exact) mass is 270 g/mol. The van der Waals surface area contributed by atoms with Crippen molar-refractivity contribution in [1.82, 2.24) is 0 Å². The van der Waals surface area contributed by atoms with Gasteiger partial charge in [-0.05, 0) is 19.3 Å². The van der Waals surface area contributed by atoms with Gasteiger partial charge in [-0.1, -0.05) is 57.4 Å². The summed E-state index contributed by atoms with van der Waals surface area (Å²) < 4.78 is 5.02. The fourth-order valence-corrected chi connectivity index (χ4v) is 2.11. The van der Waals surface area contributed by atoms with E-state index < -0.39 is 5.97 Å². The van der Waals surface area contributed by atoms with Gasteiger partial charge in [0, 0.05) is 19.8 Å². The average Bonchev–Trinajstić information content (AvgIpc) is 2.39. The first-order valence-electron chi connectivity index (χ1n) is 7.65. The summed E-state index contributed by atoms with van der Waals surface area (Å²) in [6.07, 6.45) is 16.7. The first-order valence-corrected chi connectivity index (χ1v) is 7.65.